The van der Waals surface area contributed by atoms with Gasteiger partial charge in [0.15, 0.2) is 0 Å². The summed E-state index contributed by atoms with van der Waals surface area (Å²) in [6, 6.07) is 3.85. The maximum absolute atomic E-state index is 11.6. The molecule has 92 valence electrons. The normalized spacial score (nSPS) is 19.2. The third-order valence-corrected chi connectivity index (χ3v) is 3.15. The van der Waals surface area contributed by atoms with Crippen LogP contribution in [0.2, 0.25) is 0 Å². The largest absolute Gasteiger partial charge is 0.352 e. The lowest BCUT2D eigenvalue weighted by molar-refractivity contribution is -0.121. The van der Waals surface area contributed by atoms with E-state index >= 15 is 0 Å². The van der Waals surface area contributed by atoms with Gasteiger partial charge in [0.1, 0.15) is 0 Å². The van der Waals surface area contributed by atoms with Crippen molar-refractivity contribution in [2.45, 2.75) is 25.8 Å². The first-order chi connectivity index (χ1) is 8.34. The quantitative estimate of drug-likeness (QED) is 0.800. The van der Waals surface area contributed by atoms with Crippen LogP contribution in [0.4, 0.5) is 0 Å². The average Bonchev–Trinajstić information content (AvgIpc) is 2.88. The van der Waals surface area contributed by atoms with Crippen molar-refractivity contribution in [3.8, 4) is 0 Å². The first-order valence-electron chi connectivity index (χ1n) is 6.21. The molecule has 1 aromatic heterocycles. The van der Waals surface area contributed by atoms with E-state index in [1.165, 1.54) is 6.42 Å². The number of nitrogens with one attached hydrogen (secondary N) is 2. The van der Waals surface area contributed by atoms with Gasteiger partial charge >= 0.3 is 0 Å². The Hall–Kier alpha value is -1.42. The molecule has 1 aliphatic rings. The molecule has 0 bridgehead atoms. The van der Waals surface area contributed by atoms with E-state index in [-0.39, 0.29) is 5.91 Å². The minimum Gasteiger partial charge on any atom is -0.352 e. The van der Waals surface area contributed by atoms with Gasteiger partial charge in [0.2, 0.25) is 5.91 Å². The van der Waals surface area contributed by atoms with Crippen LogP contribution in [0.5, 0.6) is 0 Å². The Labute approximate surface area is 102 Å². The van der Waals surface area contributed by atoms with Gasteiger partial charge < -0.3 is 10.6 Å². The van der Waals surface area contributed by atoms with E-state index in [4.69, 9.17) is 0 Å². The predicted octanol–water partition coefficient (Wildman–Crippen LogP) is 1.09. The van der Waals surface area contributed by atoms with Gasteiger partial charge in [-0.15, -0.1) is 0 Å². The van der Waals surface area contributed by atoms with Gasteiger partial charge in [0.25, 0.3) is 0 Å². The second-order valence-electron chi connectivity index (χ2n) is 4.54. The summed E-state index contributed by atoms with van der Waals surface area (Å²) in [7, 11) is 0. The summed E-state index contributed by atoms with van der Waals surface area (Å²) in [5, 5.41) is 6.24. The van der Waals surface area contributed by atoms with Gasteiger partial charge in [-0.25, -0.2) is 0 Å². The number of amides is 1. The van der Waals surface area contributed by atoms with Gasteiger partial charge in [-0.1, -0.05) is 6.07 Å². The van der Waals surface area contributed by atoms with Crippen molar-refractivity contribution < 1.29 is 4.79 Å². The molecule has 0 aromatic carbocycles. The monoisotopic (exact) mass is 233 g/mol. The molecule has 0 spiro atoms. The number of pyridine rings is 1. The highest BCUT2D eigenvalue weighted by atomic mass is 16.1. The third-order valence-electron chi connectivity index (χ3n) is 3.15. The minimum atomic E-state index is 0.140. The number of rotatable bonds is 5. The third kappa shape index (κ3) is 4.15. The Balaban J connectivity index is 1.64. The van der Waals surface area contributed by atoms with Crippen molar-refractivity contribution in [2.24, 2.45) is 5.92 Å². The summed E-state index contributed by atoms with van der Waals surface area (Å²) in [6.45, 7) is 2.74. The Morgan fingerprint density at radius 3 is 3.24 bits per heavy atom. The fourth-order valence-electron chi connectivity index (χ4n) is 2.09. The van der Waals surface area contributed by atoms with E-state index in [0.29, 0.717) is 18.9 Å². The molecule has 1 aromatic rings. The molecule has 1 amide bonds. The molecule has 0 aliphatic carbocycles. The van der Waals surface area contributed by atoms with Crippen LogP contribution in [-0.2, 0) is 11.3 Å². The summed E-state index contributed by atoms with van der Waals surface area (Å²) in [6.07, 6.45) is 6.34. The zero-order valence-electron chi connectivity index (χ0n) is 9.98. The number of aromatic nitrogens is 1. The van der Waals surface area contributed by atoms with E-state index in [0.717, 1.165) is 25.1 Å². The van der Waals surface area contributed by atoms with Crippen LogP contribution in [0.3, 0.4) is 0 Å². The Morgan fingerprint density at radius 1 is 1.59 bits per heavy atom. The number of hydrogen-bond donors (Lipinski definition) is 2. The maximum Gasteiger partial charge on any atom is 0.220 e. The molecular formula is C13H19N3O. The molecule has 2 heterocycles. The average molecular weight is 233 g/mol. The number of carbonyl (C=O) groups excluding carboxylic acids is 1. The number of nitrogens with zero attached hydrogens (tertiary/aromatic N) is 1. The molecule has 4 heteroatoms. The second-order valence-corrected chi connectivity index (χ2v) is 4.54. The summed E-state index contributed by atoms with van der Waals surface area (Å²) in [5.41, 5.74) is 1.04. The number of hydrogen-bond acceptors (Lipinski definition) is 3. The van der Waals surface area contributed by atoms with E-state index in [9.17, 15) is 4.79 Å². The van der Waals surface area contributed by atoms with Gasteiger partial charge in [0.05, 0.1) is 0 Å². The molecule has 0 saturated carbocycles. The summed E-state index contributed by atoms with van der Waals surface area (Å²) < 4.78 is 0. The molecule has 1 unspecified atom stereocenters. The van der Waals surface area contributed by atoms with Crippen LogP contribution >= 0.6 is 0 Å². The highest BCUT2D eigenvalue weighted by molar-refractivity contribution is 5.75. The van der Waals surface area contributed by atoms with E-state index in [1.54, 1.807) is 12.4 Å². The SMILES string of the molecule is O=C(CCC1CCNC1)NCc1cccnc1. The molecule has 2 N–H and O–H groups in total. The van der Waals surface area contributed by atoms with Crippen molar-refractivity contribution >= 4 is 5.91 Å². The Morgan fingerprint density at radius 2 is 2.53 bits per heavy atom. The lowest BCUT2D eigenvalue weighted by Crippen LogP contribution is -2.23. The zero-order valence-corrected chi connectivity index (χ0v) is 9.98. The van der Waals surface area contributed by atoms with Crippen LogP contribution in [0.15, 0.2) is 24.5 Å². The minimum absolute atomic E-state index is 0.140. The van der Waals surface area contributed by atoms with E-state index < -0.39 is 0 Å². The lowest BCUT2D eigenvalue weighted by atomic mass is 10.0. The van der Waals surface area contributed by atoms with Crippen LogP contribution in [0.25, 0.3) is 0 Å². The molecule has 1 aliphatic heterocycles. The molecule has 4 nitrogen and oxygen atoms in total. The van der Waals surface area contributed by atoms with Gasteiger partial charge in [-0.2, -0.15) is 0 Å². The van der Waals surface area contributed by atoms with Crippen molar-refractivity contribution in [1.82, 2.24) is 15.6 Å². The van der Waals surface area contributed by atoms with E-state index in [1.807, 2.05) is 12.1 Å². The standard InChI is InChI=1S/C13H19N3O/c17-13(4-3-11-5-7-15-8-11)16-10-12-2-1-6-14-9-12/h1-2,6,9,11,15H,3-5,7-8,10H2,(H,16,17). The predicted molar refractivity (Wildman–Crippen MR) is 66.3 cm³/mol. The van der Waals surface area contributed by atoms with Gasteiger partial charge in [0, 0.05) is 25.4 Å². The Bertz CT molecular complexity index is 347. The first-order valence-corrected chi connectivity index (χ1v) is 6.21. The lowest BCUT2D eigenvalue weighted by Gasteiger charge is -2.08. The molecule has 1 fully saturated rings. The molecular weight excluding hydrogens is 214 g/mol. The zero-order chi connectivity index (χ0) is 11.9. The van der Waals surface area contributed by atoms with Crippen LogP contribution in [0, 0.1) is 5.92 Å². The molecule has 1 saturated heterocycles. The Kier molecular flexibility index (Phi) is 4.50. The van der Waals surface area contributed by atoms with Crippen LogP contribution in [-0.4, -0.2) is 24.0 Å². The van der Waals surface area contributed by atoms with E-state index in [2.05, 4.69) is 15.6 Å². The molecule has 0 radical (unpaired) electrons. The molecule has 1 atom stereocenters. The summed E-state index contributed by atoms with van der Waals surface area (Å²) in [5.74, 6) is 0.819. The summed E-state index contributed by atoms with van der Waals surface area (Å²) in [4.78, 5) is 15.6. The fourth-order valence-corrected chi connectivity index (χ4v) is 2.09. The fraction of sp³-hybridized carbons (Fsp3) is 0.538. The van der Waals surface area contributed by atoms with Crippen LogP contribution in [0.1, 0.15) is 24.8 Å². The number of carbonyl (C=O) groups is 1. The van der Waals surface area contributed by atoms with Crippen molar-refractivity contribution in [1.29, 1.82) is 0 Å². The second kappa shape index (κ2) is 6.35. The first kappa shape index (κ1) is 12.0. The van der Waals surface area contributed by atoms with Crippen molar-refractivity contribution in [2.75, 3.05) is 13.1 Å². The highest BCUT2D eigenvalue weighted by Crippen LogP contribution is 2.13. The van der Waals surface area contributed by atoms with Gasteiger partial charge in [-0.3, -0.25) is 9.78 Å². The van der Waals surface area contributed by atoms with Crippen molar-refractivity contribution in [3.63, 3.8) is 0 Å². The van der Waals surface area contributed by atoms with Gasteiger partial charge in [-0.05, 0) is 43.5 Å². The smallest absolute Gasteiger partial charge is 0.220 e. The maximum atomic E-state index is 11.6. The highest BCUT2D eigenvalue weighted by Gasteiger charge is 2.15. The van der Waals surface area contributed by atoms with Crippen molar-refractivity contribution in [3.05, 3.63) is 30.1 Å². The molecule has 2 rings (SSSR count). The topological polar surface area (TPSA) is 54.0 Å². The summed E-state index contributed by atoms with van der Waals surface area (Å²) >= 11 is 0. The van der Waals surface area contributed by atoms with Crippen LogP contribution < -0.4 is 10.6 Å². The molecule has 17 heavy (non-hydrogen) atoms.